The Hall–Kier alpha value is -2.36. The summed E-state index contributed by atoms with van der Waals surface area (Å²) in [6.07, 6.45) is 1.89. The van der Waals surface area contributed by atoms with E-state index in [0.717, 1.165) is 9.20 Å². The van der Waals surface area contributed by atoms with Crippen molar-refractivity contribution in [3.05, 3.63) is 54.1 Å². The van der Waals surface area contributed by atoms with Gasteiger partial charge in [-0.2, -0.15) is 4.31 Å². The number of likely N-dealkylation sites (N-methyl/N-ethyl adjacent to an activating group) is 1. The second kappa shape index (κ2) is 9.72. The second-order valence-corrected chi connectivity index (χ2v) is 8.65. The monoisotopic (exact) mass is 422 g/mol. The van der Waals surface area contributed by atoms with Gasteiger partial charge in [0.25, 0.3) is 0 Å². The normalized spacial score (nSPS) is 11.3. The third-order valence-corrected chi connectivity index (χ3v) is 6.43. The number of para-hydroxylation sites is 1. The van der Waals surface area contributed by atoms with Crippen molar-refractivity contribution < 1.29 is 22.7 Å². The lowest BCUT2D eigenvalue weighted by Gasteiger charge is -2.17. The fourth-order valence-corrected chi connectivity index (χ4v) is 4.06. The molecule has 0 spiro atoms. The van der Waals surface area contributed by atoms with Crippen LogP contribution in [0.25, 0.3) is 0 Å². The number of anilines is 1. The molecule has 0 aliphatic heterocycles. The van der Waals surface area contributed by atoms with Crippen LogP contribution in [0.4, 0.5) is 5.69 Å². The average Bonchev–Trinajstić information content (AvgIpc) is 2.68. The van der Waals surface area contributed by atoms with Gasteiger partial charge in [0.1, 0.15) is 0 Å². The fourth-order valence-electron chi connectivity index (χ4n) is 2.38. The molecule has 0 saturated heterocycles. The summed E-state index contributed by atoms with van der Waals surface area (Å²) in [4.78, 5) is 24.8. The number of nitrogens with zero attached hydrogens (tertiary/aromatic N) is 1. The minimum absolute atomic E-state index is 0.0136. The molecule has 0 aliphatic carbocycles. The molecule has 2 rings (SSSR count). The van der Waals surface area contributed by atoms with Crippen LogP contribution < -0.4 is 5.32 Å². The van der Waals surface area contributed by atoms with E-state index in [4.69, 9.17) is 4.74 Å². The first-order valence-electron chi connectivity index (χ1n) is 8.46. The fraction of sp³-hybridized carbons (Fsp3) is 0.263. The van der Waals surface area contributed by atoms with Gasteiger partial charge in [-0.25, -0.2) is 13.2 Å². The molecule has 0 atom stereocenters. The van der Waals surface area contributed by atoms with Gasteiger partial charge in [-0.1, -0.05) is 12.1 Å². The molecule has 9 heteroatoms. The molecule has 28 heavy (non-hydrogen) atoms. The quantitative estimate of drug-likeness (QED) is 0.519. The summed E-state index contributed by atoms with van der Waals surface area (Å²) in [5.74, 6) is -0.970. The van der Waals surface area contributed by atoms with Gasteiger partial charge in [0, 0.05) is 11.9 Å². The van der Waals surface area contributed by atoms with Crippen molar-refractivity contribution in [2.24, 2.45) is 0 Å². The molecule has 0 unspecified atom stereocenters. The SMILES string of the molecule is CCOC(=O)c1ccc(S(=O)(=O)N(C)CC(=O)Nc2ccccc2SC)cc1. The summed E-state index contributed by atoms with van der Waals surface area (Å²) in [6.45, 7) is 1.58. The minimum Gasteiger partial charge on any atom is -0.462 e. The zero-order chi connectivity index (χ0) is 20.7. The van der Waals surface area contributed by atoms with Gasteiger partial charge in [-0.3, -0.25) is 4.79 Å². The first kappa shape index (κ1) is 21.9. The first-order valence-corrected chi connectivity index (χ1v) is 11.1. The Kier molecular flexibility index (Phi) is 7.61. The van der Waals surface area contributed by atoms with Crippen molar-refractivity contribution in [3.8, 4) is 0 Å². The van der Waals surface area contributed by atoms with E-state index in [-0.39, 0.29) is 23.6 Å². The van der Waals surface area contributed by atoms with E-state index in [0.29, 0.717) is 5.69 Å². The summed E-state index contributed by atoms with van der Waals surface area (Å²) in [7, 11) is -2.55. The van der Waals surface area contributed by atoms with Crippen molar-refractivity contribution in [1.82, 2.24) is 4.31 Å². The first-order chi connectivity index (χ1) is 13.3. The highest BCUT2D eigenvalue weighted by Gasteiger charge is 2.23. The Bertz CT molecular complexity index is 943. The van der Waals surface area contributed by atoms with Crippen LogP contribution in [0, 0.1) is 0 Å². The van der Waals surface area contributed by atoms with Crippen LogP contribution in [0.2, 0.25) is 0 Å². The predicted molar refractivity (Wildman–Crippen MR) is 109 cm³/mol. The summed E-state index contributed by atoms with van der Waals surface area (Å²) >= 11 is 1.48. The predicted octanol–water partition coefficient (Wildman–Crippen LogP) is 2.84. The molecule has 1 N–H and O–H groups in total. The summed E-state index contributed by atoms with van der Waals surface area (Å²) < 4.78 is 31.2. The smallest absolute Gasteiger partial charge is 0.338 e. The number of rotatable bonds is 8. The van der Waals surface area contributed by atoms with Crippen molar-refractivity contribution >= 4 is 39.3 Å². The zero-order valence-electron chi connectivity index (χ0n) is 15.8. The Morgan fingerprint density at radius 1 is 1.11 bits per heavy atom. The topological polar surface area (TPSA) is 92.8 Å². The maximum Gasteiger partial charge on any atom is 0.338 e. The number of thioether (sulfide) groups is 1. The maximum atomic E-state index is 12.7. The van der Waals surface area contributed by atoms with Gasteiger partial charge in [-0.05, 0) is 49.6 Å². The summed E-state index contributed by atoms with van der Waals surface area (Å²) in [6, 6.07) is 12.7. The van der Waals surface area contributed by atoms with Crippen LogP contribution in [-0.4, -0.2) is 51.1 Å². The van der Waals surface area contributed by atoms with Crippen molar-refractivity contribution in [3.63, 3.8) is 0 Å². The minimum atomic E-state index is -3.88. The molecule has 1 amide bonds. The Labute approximate surface area is 169 Å². The van der Waals surface area contributed by atoms with Gasteiger partial charge in [0.2, 0.25) is 15.9 Å². The standard InChI is InChI=1S/C19H22N2O5S2/c1-4-26-19(23)14-9-11-15(12-10-14)28(24,25)21(2)13-18(22)20-16-7-5-6-8-17(16)27-3/h5-12H,4,13H2,1-3H3,(H,20,22). The second-order valence-electron chi connectivity index (χ2n) is 5.75. The third-order valence-electron chi connectivity index (χ3n) is 3.82. The van der Waals surface area contributed by atoms with E-state index < -0.39 is 21.9 Å². The molecule has 0 fully saturated rings. The molecule has 2 aromatic rings. The molecular formula is C19H22N2O5S2. The number of carbonyl (C=O) groups excluding carboxylic acids is 2. The van der Waals surface area contributed by atoms with E-state index in [9.17, 15) is 18.0 Å². The van der Waals surface area contributed by atoms with Gasteiger partial charge < -0.3 is 10.1 Å². The number of amides is 1. The van der Waals surface area contributed by atoms with Gasteiger partial charge in [-0.15, -0.1) is 11.8 Å². The molecule has 150 valence electrons. The molecule has 2 aromatic carbocycles. The number of hydrogen-bond acceptors (Lipinski definition) is 6. The molecule has 7 nitrogen and oxygen atoms in total. The van der Waals surface area contributed by atoms with Crippen LogP contribution in [0.5, 0.6) is 0 Å². The lowest BCUT2D eigenvalue weighted by atomic mass is 10.2. The average molecular weight is 423 g/mol. The number of nitrogens with one attached hydrogen (secondary N) is 1. The van der Waals surface area contributed by atoms with Gasteiger partial charge in [0.05, 0.1) is 29.3 Å². The highest BCUT2D eigenvalue weighted by atomic mass is 32.2. The van der Waals surface area contributed by atoms with Gasteiger partial charge >= 0.3 is 5.97 Å². The molecule has 0 saturated carbocycles. The van der Waals surface area contributed by atoms with Crippen LogP contribution in [0.1, 0.15) is 17.3 Å². The highest BCUT2D eigenvalue weighted by molar-refractivity contribution is 7.98. The van der Waals surface area contributed by atoms with E-state index in [1.54, 1.807) is 19.1 Å². The van der Waals surface area contributed by atoms with Crippen LogP contribution in [0.3, 0.4) is 0 Å². The Morgan fingerprint density at radius 3 is 2.36 bits per heavy atom. The zero-order valence-corrected chi connectivity index (χ0v) is 17.5. The lowest BCUT2D eigenvalue weighted by molar-refractivity contribution is -0.116. The molecule has 0 radical (unpaired) electrons. The Morgan fingerprint density at radius 2 is 1.75 bits per heavy atom. The number of ether oxygens (including phenoxy) is 1. The van der Waals surface area contributed by atoms with Gasteiger partial charge in [0.15, 0.2) is 0 Å². The van der Waals surface area contributed by atoms with Crippen molar-refractivity contribution in [2.45, 2.75) is 16.7 Å². The summed E-state index contributed by atoms with van der Waals surface area (Å²) in [5, 5.41) is 2.73. The molecular weight excluding hydrogens is 400 g/mol. The largest absolute Gasteiger partial charge is 0.462 e. The van der Waals surface area contributed by atoms with Crippen molar-refractivity contribution in [1.29, 1.82) is 0 Å². The number of sulfonamides is 1. The van der Waals surface area contributed by atoms with Crippen LogP contribution >= 0.6 is 11.8 Å². The number of hydrogen-bond donors (Lipinski definition) is 1. The third kappa shape index (κ3) is 5.34. The Balaban J connectivity index is 2.08. The van der Waals surface area contributed by atoms with E-state index in [1.165, 1.54) is 43.1 Å². The number of carbonyl (C=O) groups is 2. The van der Waals surface area contributed by atoms with E-state index >= 15 is 0 Å². The van der Waals surface area contributed by atoms with E-state index in [2.05, 4.69) is 5.32 Å². The van der Waals surface area contributed by atoms with Crippen LogP contribution in [-0.2, 0) is 19.6 Å². The maximum absolute atomic E-state index is 12.7. The molecule has 0 bridgehead atoms. The molecule has 0 aliphatic rings. The number of esters is 1. The van der Waals surface area contributed by atoms with Crippen molar-refractivity contribution in [2.75, 3.05) is 31.8 Å². The van der Waals surface area contributed by atoms with E-state index in [1.807, 2.05) is 18.4 Å². The number of benzene rings is 2. The lowest BCUT2D eigenvalue weighted by Crippen LogP contribution is -2.35. The highest BCUT2D eigenvalue weighted by Crippen LogP contribution is 2.24. The molecule has 0 heterocycles. The summed E-state index contributed by atoms with van der Waals surface area (Å²) in [5.41, 5.74) is 0.888. The molecule has 0 aromatic heterocycles. The van der Waals surface area contributed by atoms with Crippen LogP contribution in [0.15, 0.2) is 58.3 Å².